The van der Waals surface area contributed by atoms with Gasteiger partial charge in [-0.05, 0) is 35.6 Å². The van der Waals surface area contributed by atoms with E-state index >= 15 is 0 Å². The number of fused-ring (bicyclic) bond motifs is 3. The van der Waals surface area contributed by atoms with Crippen molar-refractivity contribution >= 4 is 17.3 Å². The molecule has 3 aromatic rings. The molecule has 31 heavy (non-hydrogen) atoms. The molecule has 0 N–H and O–H groups in total. The molecule has 0 unspecified atom stereocenters. The molecule has 2 aliphatic rings. The Kier molecular flexibility index (Phi) is 4.70. The number of carbonyl (C=O) groups is 2. The van der Waals surface area contributed by atoms with Gasteiger partial charge in [0.25, 0.3) is 0 Å². The predicted molar refractivity (Wildman–Crippen MR) is 119 cm³/mol. The van der Waals surface area contributed by atoms with Crippen molar-refractivity contribution < 1.29 is 14.3 Å². The third-order valence-corrected chi connectivity index (χ3v) is 6.20. The molecule has 3 aromatic carbocycles. The summed E-state index contributed by atoms with van der Waals surface area (Å²) in [5, 5.41) is 0. The summed E-state index contributed by atoms with van der Waals surface area (Å²) >= 11 is 0. The fourth-order valence-corrected chi connectivity index (χ4v) is 4.99. The van der Waals surface area contributed by atoms with Gasteiger partial charge in [0.15, 0.2) is 5.54 Å². The van der Waals surface area contributed by atoms with Gasteiger partial charge < -0.3 is 9.64 Å². The lowest BCUT2D eigenvalue weighted by molar-refractivity contribution is -0.141. The first-order valence-electron chi connectivity index (χ1n) is 10.6. The van der Waals surface area contributed by atoms with Crippen molar-refractivity contribution in [2.45, 2.75) is 18.9 Å². The Morgan fingerprint density at radius 3 is 2.29 bits per heavy atom. The van der Waals surface area contributed by atoms with E-state index in [9.17, 15) is 9.59 Å². The molecule has 2 heterocycles. The van der Waals surface area contributed by atoms with Crippen molar-refractivity contribution in [3.63, 3.8) is 0 Å². The molecular formula is C27H23NO3. The van der Waals surface area contributed by atoms with Crippen LogP contribution in [0.2, 0.25) is 0 Å². The van der Waals surface area contributed by atoms with Crippen LogP contribution in [0.15, 0.2) is 90.6 Å². The van der Waals surface area contributed by atoms with Crippen LogP contribution in [0.4, 0.5) is 0 Å². The molecule has 0 saturated carbocycles. The summed E-state index contributed by atoms with van der Waals surface area (Å²) in [5.41, 5.74) is 3.37. The van der Waals surface area contributed by atoms with Crippen molar-refractivity contribution in [2.24, 2.45) is 0 Å². The first-order valence-corrected chi connectivity index (χ1v) is 10.6. The molecule has 0 radical (unpaired) electrons. The van der Waals surface area contributed by atoms with Crippen LogP contribution in [-0.2, 0) is 26.3 Å². The lowest BCUT2D eigenvalue weighted by Crippen LogP contribution is -2.52. The summed E-state index contributed by atoms with van der Waals surface area (Å²) < 4.78 is 5.45. The number of ketones is 1. The number of benzene rings is 3. The van der Waals surface area contributed by atoms with Gasteiger partial charge >= 0.3 is 5.97 Å². The first kappa shape index (κ1) is 19.3. The summed E-state index contributed by atoms with van der Waals surface area (Å²) in [6.45, 7) is 2.59. The van der Waals surface area contributed by atoms with Crippen LogP contribution in [0, 0.1) is 0 Å². The van der Waals surface area contributed by atoms with Gasteiger partial charge in [-0.2, -0.15) is 0 Å². The summed E-state index contributed by atoms with van der Waals surface area (Å²) in [4.78, 5) is 29.7. The number of esters is 1. The Morgan fingerprint density at radius 1 is 0.935 bits per heavy atom. The zero-order valence-electron chi connectivity index (χ0n) is 17.4. The largest absolute Gasteiger partial charge is 0.461 e. The van der Waals surface area contributed by atoms with Gasteiger partial charge in [-0.25, -0.2) is 4.79 Å². The van der Waals surface area contributed by atoms with Gasteiger partial charge in [0.2, 0.25) is 5.78 Å². The van der Waals surface area contributed by atoms with Gasteiger partial charge in [0.1, 0.15) is 5.70 Å². The minimum Gasteiger partial charge on any atom is -0.461 e. The summed E-state index contributed by atoms with van der Waals surface area (Å²) in [7, 11) is 0. The van der Waals surface area contributed by atoms with Crippen molar-refractivity contribution in [1.29, 1.82) is 0 Å². The van der Waals surface area contributed by atoms with Crippen molar-refractivity contribution in [1.82, 2.24) is 4.90 Å². The maximum atomic E-state index is 14.4. The molecule has 4 nitrogen and oxygen atoms in total. The second-order valence-electron chi connectivity index (χ2n) is 7.77. The molecule has 4 heteroatoms. The van der Waals surface area contributed by atoms with Gasteiger partial charge in [-0.3, -0.25) is 4.79 Å². The first-order chi connectivity index (χ1) is 15.2. The van der Waals surface area contributed by atoms with E-state index in [1.54, 1.807) is 6.92 Å². The number of carbonyl (C=O) groups excluding carboxylic acids is 2. The van der Waals surface area contributed by atoms with E-state index in [4.69, 9.17) is 4.74 Å². The fraction of sp³-hybridized carbons (Fsp3) is 0.185. The number of hydrogen-bond acceptors (Lipinski definition) is 4. The van der Waals surface area contributed by atoms with Crippen molar-refractivity contribution in [2.75, 3.05) is 13.2 Å². The van der Waals surface area contributed by atoms with Crippen molar-refractivity contribution in [3.8, 4) is 0 Å². The maximum Gasteiger partial charge on any atom is 0.355 e. The van der Waals surface area contributed by atoms with Crippen LogP contribution in [0.3, 0.4) is 0 Å². The van der Waals surface area contributed by atoms with Crippen LogP contribution < -0.4 is 0 Å². The van der Waals surface area contributed by atoms with E-state index in [1.165, 1.54) is 0 Å². The standard InChI is InChI=1S/C27H23NO3/c1-2-31-26(30)24-23(20-12-5-3-6-13-20)25(29)27(21-14-7-4-8-15-21)22-16-10-9-11-19(22)17-18-28(24)27/h3-16H,2,17-18H2,1H3/t27-/m1/s1. The van der Waals surface area contributed by atoms with E-state index in [2.05, 4.69) is 6.07 Å². The smallest absolute Gasteiger partial charge is 0.355 e. The van der Waals surface area contributed by atoms with Gasteiger partial charge in [0.05, 0.1) is 12.2 Å². The maximum absolute atomic E-state index is 14.4. The molecular weight excluding hydrogens is 386 g/mol. The molecule has 2 aliphatic heterocycles. The zero-order valence-corrected chi connectivity index (χ0v) is 17.4. The Labute approximate surface area is 181 Å². The van der Waals surface area contributed by atoms with Crippen LogP contribution >= 0.6 is 0 Å². The molecule has 1 atom stereocenters. The number of rotatable bonds is 4. The lowest BCUT2D eigenvalue weighted by Gasteiger charge is -2.45. The zero-order chi connectivity index (χ0) is 21.4. The Balaban J connectivity index is 1.84. The highest BCUT2D eigenvalue weighted by atomic mass is 16.5. The lowest BCUT2D eigenvalue weighted by atomic mass is 9.73. The second kappa shape index (κ2) is 7.55. The molecule has 0 aromatic heterocycles. The topological polar surface area (TPSA) is 46.6 Å². The van der Waals surface area contributed by atoms with Crippen LogP contribution in [-0.4, -0.2) is 29.8 Å². The highest BCUT2D eigenvalue weighted by molar-refractivity contribution is 6.33. The number of nitrogens with zero attached hydrogens (tertiary/aromatic N) is 1. The van der Waals surface area contributed by atoms with Crippen LogP contribution in [0.25, 0.3) is 5.57 Å². The normalized spacial score (nSPS) is 19.8. The molecule has 5 rings (SSSR count). The average Bonchev–Trinajstić information content (AvgIpc) is 3.10. The highest BCUT2D eigenvalue weighted by Gasteiger charge is 2.58. The van der Waals surface area contributed by atoms with Crippen molar-refractivity contribution in [3.05, 3.63) is 113 Å². The van der Waals surface area contributed by atoms with E-state index in [1.807, 2.05) is 83.8 Å². The number of hydrogen-bond donors (Lipinski definition) is 0. The summed E-state index contributed by atoms with van der Waals surface area (Å²) in [6, 6.07) is 27.3. The Bertz CT molecular complexity index is 1180. The van der Waals surface area contributed by atoms with Gasteiger partial charge in [-0.1, -0.05) is 84.9 Å². The van der Waals surface area contributed by atoms with E-state index < -0.39 is 11.5 Å². The van der Waals surface area contributed by atoms with Gasteiger partial charge in [-0.15, -0.1) is 0 Å². The third-order valence-electron chi connectivity index (χ3n) is 6.20. The van der Waals surface area contributed by atoms with Crippen LogP contribution in [0.1, 0.15) is 29.2 Å². The monoisotopic (exact) mass is 409 g/mol. The fourth-order valence-electron chi connectivity index (χ4n) is 4.99. The quantitative estimate of drug-likeness (QED) is 0.601. The summed E-state index contributed by atoms with van der Waals surface area (Å²) in [6.07, 6.45) is 0.753. The molecule has 0 aliphatic carbocycles. The Hall–Kier alpha value is -3.66. The minimum absolute atomic E-state index is 0.0832. The SMILES string of the molecule is CCOC(=O)C1=C(c2ccccc2)C(=O)[C@@]2(c3ccccc3)c3ccccc3CCN12. The molecule has 0 spiro atoms. The molecule has 0 saturated heterocycles. The van der Waals surface area contributed by atoms with E-state index in [0.717, 1.165) is 28.7 Å². The Morgan fingerprint density at radius 2 is 1.58 bits per heavy atom. The number of ether oxygens (including phenoxy) is 1. The van der Waals surface area contributed by atoms with E-state index in [-0.39, 0.29) is 12.4 Å². The highest BCUT2D eigenvalue weighted by Crippen LogP contribution is 2.52. The molecule has 0 fully saturated rings. The third kappa shape index (κ3) is 2.75. The predicted octanol–water partition coefficient (Wildman–Crippen LogP) is 4.35. The molecule has 0 bridgehead atoms. The molecule has 0 amide bonds. The minimum atomic E-state index is -1.08. The van der Waals surface area contributed by atoms with Crippen LogP contribution in [0.5, 0.6) is 0 Å². The average molecular weight is 409 g/mol. The molecule has 154 valence electrons. The second-order valence-corrected chi connectivity index (χ2v) is 7.77. The summed E-state index contributed by atoms with van der Waals surface area (Å²) in [5.74, 6) is -0.535. The van der Waals surface area contributed by atoms with E-state index in [0.29, 0.717) is 17.8 Å². The van der Waals surface area contributed by atoms with Gasteiger partial charge in [0, 0.05) is 6.54 Å². The number of Topliss-reactive ketones (excluding diaryl/α,β-unsaturated/α-hetero) is 1.